The molecular formula is C13H19NO2S. The molecule has 4 heteroatoms. The summed E-state index contributed by atoms with van der Waals surface area (Å²) in [5.41, 5.74) is 0.501. The number of thiophene rings is 1. The van der Waals surface area contributed by atoms with Crippen molar-refractivity contribution in [2.24, 2.45) is 5.41 Å². The molecule has 0 spiro atoms. The molecule has 17 heavy (non-hydrogen) atoms. The van der Waals surface area contributed by atoms with Crippen LogP contribution in [0.15, 0.2) is 12.1 Å². The molecule has 1 aliphatic rings. The third kappa shape index (κ3) is 3.54. The van der Waals surface area contributed by atoms with Gasteiger partial charge in [0, 0.05) is 22.8 Å². The van der Waals surface area contributed by atoms with Gasteiger partial charge in [-0.2, -0.15) is 0 Å². The molecule has 0 aromatic carbocycles. The predicted octanol–water partition coefficient (Wildman–Crippen LogP) is 2.66. The lowest BCUT2D eigenvalue weighted by Gasteiger charge is -2.38. The van der Waals surface area contributed by atoms with Gasteiger partial charge in [-0.15, -0.1) is 11.3 Å². The Morgan fingerprint density at radius 2 is 2.18 bits per heavy atom. The van der Waals surface area contributed by atoms with Crippen LogP contribution in [0.5, 0.6) is 0 Å². The maximum Gasteiger partial charge on any atom is 0.308 e. The van der Waals surface area contributed by atoms with Crippen molar-refractivity contribution in [3.63, 3.8) is 0 Å². The molecule has 1 saturated carbocycles. The van der Waals surface area contributed by atoms with Crippen LogP contribution in [0.3, 0.4) is 0 Å². The summed E-state index contributed by atoms with van der Waals surface area (Å²) in [6.45, 7) is 4.26. The van der Waals surface area contributed by atoms with Gasteiger partial charge in [0.15, 0.2) is 0 Å². The Morgan fingerprint density at radius 3 is 2.76 bits per heavy atom. The molecule has 1 aliphatic carbocycles. The molecule has 1 aromatic rings. The van der Waals surface area contributed by atoms with Crippen LogP contribution in [0.2, 0.25) is 0 Å². The van der Waals surface area contributed by atoms with Crippen molar-refractivity contribution in [2.75, 3.05) is 6.54 Å². The molecule has 1 heterocycles. The molecule has 0 unspecified atom stereocenters. The van der Waals surface area contributed by atoms with E-state index in [0.717, 1.165) is 18.0 Å². The summed E-state index contributed by atoms with van der Waals surface area (Å²) in [6.07, 6.45) is 4.16. The highest BCUT2D eigenvalue weighted by Gasteiger charge is 2.30. The van der Waals surface area contributed by atoms with Crippen molar-refractivity contribution in [3.05, 3.63) is 21.9 Å². The van der Waals surface area contributed by atoms with Crippen molar-refractivity contribution >= 4 is 17.3 Å². The molecule has 1 aromatic heterocycles. The fourth-order valence-electron chi connectivity index (χ4n) is 2.21. The first-order valence-corrected chi connectivity index (χ1v) is 6.89. The van der Waals surface area contributed by atoms with Gasteiger partial charge in [-0.1, -0.05) is 13.3 Å². The second-order valence-corrected chi connectivity index (χ2v) is 6.46. The summed E-state index contributed by atoms with van der Waals surface area (Å²) in [5.74, 6) is -0.756. The van der Waals surface area contributed by atoms with Crippen molar-refractivity contribution in [1.29, 1.82) is 0 Å². The lowest BCUT2D eigenvalue weighted by molar-refractivity contribution is -0.136. The third-order valence-corrected chi connectivity index (χ3v) is 4.54. The minimum Gasteiger partial charge on any atom is -0.481 e. The van der Waals surface area contributed by atoms with Gasteiger partial charge < -0.3 is 10.4 Å². The van der Waals surface area contributed by atoms with Crippen LogP contribution in [-0.2, 0) is 17.8 Å². The normalized spacial score (nSPS) is 17.7. The smallest absolute Gasteiger partial charge is 0.308 e. The zero-order valence-electron chi connectivity index (χ0n) is 10.2. The largest absolute Gasteiger partial charge is 0.481 e. The number of rotatable bonds is 6. The Hall–Kier alpha value is -0.870. The molecule has 3 nitrogen and oxygen atoms in total. The van der Waals surface area contributed by atoms with Gasteiger partial charge in [0.25, 0.3) is 0 Å². The molecular weight excluding hydrogens is 234 g/mol. The average Bonchev–Trinajstić information content (AvgIpc) is 2.62. The quantitative estimate of drug-likeness (QED) is 0.819. The number of carboxylic acids is 1. The Bertz CT molecular complexity index is 396. The molecule has 1 fully saturated rings. The summed E-state index contributed by atoms with van der Waals surface area (Å²) >= 11 is 1.59. The zero-order chi connectivity index (χ0) is 12.3. The van der Waals surface area contributed by atoms with Gasteiger partial charge >= 0.3 is 5.97 Å². The van der Waals surface area contributed by atoms with Crippen molar-refractivity contribution < 1.29 is 9.90 Å². The lowest BCUT2D eigenvalue weighted by atomic mass is 9.70. The molecule has 94 valence electrons. The Morgan fingerprint density at radius 1 is 1.47 bits per heavy atom. The number of nitrogens with one attached hydrogen (secondary N) is 1. The molecule has 0 amide bonds. The van der Waals surface area contributed by atoms with Gasteiger partial charge in [0.2, 0.25) is 0 Å². The minimum atomic E-state index is -0.756. The first-order valence-electron chi connectivity index (χ1n) is 6.08. The lowest BCUT2D eigenvalue weighted by Crippen LogP contribution is -2.36. The van der Waals surface area contributed by atoms with Crippen LogP contribution in [0, 0.1) is 5.41 Å². The third-order valence-electron chi connectivity index (χ3n) is 3.45. The van der Waals surface area contributed by atoms with Crippen molar-refractivity contribution in [1.82, 2.24) is 5.32 Å². The second-order valence-electron chi connectivity index (χ2n) is 5.21. The highest BCUT2D eigenvalue weighted by molar-refractivity contribution is 7.12. The maximum atomic E-state index is 10.6. The van der Waals surface area contributed by atoms with E-state index in [9.17, 15) is 4.79 Å². The molecule has 2 rings (SSSR count). The number of hydrogen-bond donors (Lipinski definition) is 2. The van der Waals surface area contributed by atoms with Gasteiger partial charge in [-0.3, -0.25) is 4.79 Å². The number of aliphatic carboxylic acids is 1. The zero-order valence-corrected chi connectivity index (χ0v) is 11.0. The van der Waals surface area contributed by atoms with E-state index >= 15 is 0 Å². The highest BCUT2D eigenvalue weighted by Crippen LogP contribution is 2.39. The van der Waals surface area contributed by atoms with E-state index in [0.29, 0.717) is 5.41 Å². The standard InChI is InChI=1S/C13H19NO2S/c1-13(5-2-6-13)9-14-8-11-4-3-10(17-11)7-12(15)16/h3-4,14H,2,5-9H2,1H3,(H,15,16). The topological polar surface area (TPSA) is 49.3 Å². The molecule has 0 radical (unpaired) electrons. The number of carboxylic acid groups (broad SMARTS) is 1. The van der Waals surface area contributed by atoms with E-state index in [-0.39, 0.29) is 6.42 Å². The predicted molar refractivity (Wildman–Crippen MR) is 69.3 cm³/mol. The number of carbonyl (C=O) groups is 1. The van der Waals surface area contributed by atoms with Gasteiger partial charge in [-0.05, 0) is 30.4 Å². The first kappa shape index (κ1) is 12.6. The van der Waals surface area contributed by atoms with E-state index in [1.807, 2.05) is 12.1 Å². The van der Waals surface area contributed by atoms with Gasteiger partial charge in [0.05, 0.1) is 6.42 Å². The molecule has 0 bridgehead atoms. The van der Waals surface area contributed by atoms with E-state index in [4.69, 9.17) is 5.11 Å². The summed E-state index contributed by atoms with van der Waals surface area (Å²) in [5, 5.41) is 12.2. The van der Waals surface area contributed by atoms with Crippen molar-refractivity contribution in [3.8, 4) is 0 Å². The molecule has 2 N–H and O–H groups in total. The van der Waals surface area contributed by atoms with Crippen LogP contribution in [0.4, 0.5) is 0 Å². The van der Waals surface area contributed by atoms with Gasteiger partial charge in [-0.25, -0.2) is 0 Å². The minimum absolute atomic E-state index is 0.141. The molecule has 0 saturated heterocycles. The number of hydrogen-bond acceptors (Lipinski definition) is 3. The summed E-state index contributed by atoms with van der Waals surface area (Å²) in [6, 6.07) is 3.94. The maximum absolute atomic E-state index is 10.6. The van der Waals surface area contributed by atoms with Crippen LogP contribution < -0.4 is 5.32 Å². The van der Waals surface area contributed by atoms with Crippen molar-refractivity contribution in [2.45, 2.75) is 39.2 Å². The molecule has 0 aliphatic heterocycles. The highest BCUT2D eigenvalue weighted by atomic mass is 32.1. The Labute approximate surface area is 106 Å². The first-order chi connectivity index (χ1) is 8.07. The van der Waals surface area contributed by atoms with Crippen LogP contribution in [0.1, 0.15) is 35.9 Å². The van der Waals surface area contributed by atoms with Crippen LogP contribution in [-0.4, -0.2) is 17.6 Å². The summed E-state index contributed by atoms with van der Waals surface area (Å²) in [7, 11) is 0. The fraction of sp³-hybridized carbons (Fsp3) is 0.615. The summed E-state index contributed by atoms with van der Waals surface area (Å²) in [4.78, 5) is 12.7. The van der Waals surface area contributed by atoms with E-state index in [1.54, 1.807) is 11.3 Å². The van der Waals surface area contributed by atoms with Gasteiger partial charge in [0.1, 0.15) is 0 Å². The average molecular weight is 253 g/mol. The van der Waals surface area contributed by atoms with E-state index in [2.05, 4.69) is 12.2 Å². The fourth-order valence-corrected chi connectivity index (χ4v) is 3.18. The second kappa shape index (κ2) is 5.19. The molecule has 0 atom stereocenters. The monoisotopic (exact) mass is 253 g/mol. The van der Waals surface area contributed by atoms with Crippen LogP contribution >= 0.6 is 11.3 Å². The SMILES string of the molecule is CC1(CNCc2ccc(CC(=O)O)s2)CCC1. The van der Waals surface area contributed by atoms with E-state index in [1.165, 1.54) is 24.1 Å². The van der Waals surface area contributed by atoms with Crippen LogP contribution in [0.25, 0.3) is 0 Å². The van der Waals surface area contributed by atoms with E-state index < -0.39 is 5.97 Å². The Balaban J connectivity index is 1.75. The summed E-state index contributed by atoms with van der Waals surface area (Å²) < 4.78 is 0. The Kier molecular flexibility index (Phi) is 3.84.